The van der Waals surface area contributed by atoms with Crippen LogP contribution < -0.4 is 5.32 Å². The van der Waals surface area contributed by atoms with E-state index in [0.717, 1.165) is 24.4 Å². The molecule has 26 heavy (non-hydrogen) atoms. The van der Waals surface area contributed by atoms with Crippen molar-refractivity contribution in [2.24, 2.45) is 0 Å². The molecular formula is C22H30N2O2. The molecule has 140 valence electrons. The maximum absolute atomic E-state index is 13.0. The number of nitrogens with one attached hydrogen (secondary N) is 1. The van der Waals surface area contributed by atoms with Crippen molar-refractivity contribution in [3.63, 3.8) is 0 Å². The van der Waals surface area contributed by atoms with Crippen molar-refractivity contribution in [1.82, 2.24) is 10.2 Å². The van der Waals surface area contributed by atoms with Crippen LogP contribution in [0.2, 0.25) is 0 Å². The number of nitrogens with zero attached hydrogens (tertiary/aromatic N) is 1. The molecule has 1 saturated heterocycles. The lowest BCUT2D eigenvalue weighted by atomic mass is 9.93. The van der Waals surface area contributed by atoms with Crippen molar-refractivity contribution in [1.29, 1.82) is 0 Å². The predicted molar refractivity (Wildman–Crippen MR) is 104 cm³/mol. The molecule has 0 bridgehead atoms. The number of aryl methyl sites for hydroxylation is 1. The van der Waals surface area contributed by atoms with Crippen LogP contribution in [-0.2, 0) is 11.2 Å². The smallest absolute Gasteiger partial charge is 0.228 e. The van der Waals surface area contributed by atoms with Crippen LogP contribution in [-0.4, -0.2) is 36.5 Å². The lowest BCUT2D eigenvalue weighted by molar-refractivity contribution is -0.122. The van der Waals surface area contributed by atoms with Crippen molar-refractivity contribution in [2.45, 2.75) is 51.5 Å². The van der Waals surface area contributed by atoms with Gasteiger partial charge in [0, 0.05) is 19.0 Å². The zero-order valence-electron chi connectivity index (χ0n) is 15.9. The van der Waals surface area contributed by atoms with Crippen molar-refractivity contribution >= 4 is 5.91 Å². The molecule has 2 atom stereocenters. The van der Waals surface area contributed by atoms with Gasteiger partial charge < -0.3 is 9.73 Å². The Labute approximate surface area is 156 Å². The van der Waals surface area contributed by atoms with Gasteiger partial charge in [0.15, 0.2) is 0 Å². The average Bonchev–Trinajstić information content (AvgIpc) is 3.19. The molecule has 2 unspecified atom stereocenters. The van der Waals surface area contributed by atoms with E-state index in [9.17, 15) is 4.79 Å². The van der Waals surface area contributed by atoms with Crippen LogP contribution in [0.3, 0.4) is 0 Å². The van der Waals surface area contributed by atoms with Gasteiger partial charge in [-0.25, -0.2) is 0 Å². The Morgan fingerprint density at radius 1 is 1.15 bits per heavy atom. The average molecular weight is 354 g/mol. The van der Waals surface area contributed by atoms with Crippen molar-refractivity contribution in [2.75, 3.05) is 19.6 Å². The first kappa shape index (κ1) is 18.7. The fourth-order valence-electron chi connectivity index (χ4n) is 3.65. The molecule has 0 spiro atoms. The van der Waals surface area contributed by atoms with E-state index in [4.69, 9.17) is 4.42 Å². The number of rotatable bonds is 7. The molecule has 1 aromatic carbocycles. The zero-order chi connectivity index (χ0) is 18.4. The normalized spacial score (nSPS) is 17.6. The monoisotopic (exact) mass is 354 g/mol. The summed E-state index contributed by atoms with van der Waals surface area (Å²) in [5.41, 5.74) is 2.24. The highest BCUT2D eigenvalue weighted by Gasteiger charge is 2.24. The number of carbonyl (C=O) groups is 1. The second-order valence-corrected chi connectivity index (χ2v) is 7.44. The molecule has 2 aromatic rings. The Kier molecular flexibility index (Phi) is 6.51. The molecule has 1 fully saturated rings. The van der Waals surface area contributed by atoms with Crippen LogP contribution in [0.1, 0.15) is 49.0 Å². The third-order valence-electron chi connectivity index (χ3n) is 5.37. The summed E-state index contributed by atoms with van der Waals surface area (Å²) in [6.07, 6.45) is 6.11. The largest absolute Gasteiger partial charge is 0.469 e. The Balaban J connectivity index is 1.65. The van der Waals surface area contributed by atoms with Gasteiger partial charge in [-0.2, -0.15) is 0 Å². The van der Waals surface area contributed by atoms with Gasteiger partial charge in [-0.1, -0.05) is 36.2 Å². The zero-order valence-corrected chi connectivity index (χ0v) is 15.9. The minimum atomic E-state index is -0.227. The van der Waals surface area contributed by atoms with Gasteiger partial charge in [0.2, 0.25) is 5.91 Å². The van der Waals surface area contributed by atoms with Gasteiger partial charge in [-0.3, -0.25) is 9.69 Å². The third kappa shape index (κ3) is 4.98. The van der Waals surface area contributed by atoms with Gasteiger partial charge in [-0.15, -0.1) is 0 Å². The molecule has 4 heteroatoms. The minimum Gasteiger partial charge on any atom is -0.469 e. The first-order valence-electron chi connectivity index (χ1n) is 9.74. The van der Waals surface area contributed by atoms with Gasteiger partial charge >= 0.3 is 0 Å². The number of benzene rings is 1. The summed E-state index contributed by atoms with van der Waals surface area (Å²) in [6, 6.07) is 12.4. The summed E-state index contributed by atoms with van der Waals surface area (Å²) in [5.74, 6) is 0.694. The second-order valence-electron chi connectivity index (χ2n) is 7.44. The van der Waals surface area contributed by atoms with E-state index in [1.165, 1.54) is 24.8 Å². The Morgan fingerprint density at radius 2 is 1.88 bits per heavy atom. The SMILES string of the molecule is Cc1ccc(C(Cc2ccco2)C(=O)NCC(C)N2CCCCC2)cc1. The number of hydrogen-bond acceptors (Lipinski definition) is 3. The van der Waals surface area contributed by atoms with Crippen LogP contribution >= 0.6 is 0 Å². The summed E-state index contributed by atoms with van der Waals surface area (Å²) in [7, 11) is 0. The quantitative estimate of drug-likeness (QED) is 0.820. The first-order valence-corrected chi connectivity index (χ1v) is 9.74. The highest BCUT2D eigenvalue weighted by molar-refractivity contribution is 5.84. The topological polar surface area (TPSA) is 45.5 Å². The van der Waals surface area contributed by atoms with Crippen LogP contribution in [0.4, 0.5) is 0 Å². The fraction of sp³-hybridized carbons (Fsp3) is 0.500. The van der Waals surface area contributed by atoms with E-state index in [1.807, 2.05) is 12.1 Å². The minimum absolute atomic E-state index is 0.0779. The van der Waals surface area contributed by atoms with Crippen molar-refractivity contribution in [3.05, 3.63) is 59.5 Å². The van der Waals surface area contributed by atoms with E-state index in [1.54, 1.807) is 6.26 Å². The standard InChI is InChI=1S/C22H30N2O2/c1-17-8-10-19(11-9-17)21(15-20-7-6-14-26-20)22(25)23-16-18(2)24-12-4-3-5-13-24/h6-11,14,18,21H,3-5,12-13,15-16H2,1-2H3,(H,23,25). The third-order valence-corrected chi connectivity index (χ3v) is 5.37. The van der Waals surface area contributed by atoms with E-state index < -0.39 is 0 Å². The Bertz CT molecular complexity index is 673. The Morgan fingerprint density at radius 3 is 2.54 bits per heavy atom. The van der Waals surface area contributed by atoms with Gasteiger partial charge in [0.25, 0.3) is 0 Å². The molecule has 1 N–H and O–H groups in total. The summed E-state index contributed by atoms with van der Waals surface area (Å²) in [6.45, 7) is 7.25. The molecule has 3 rings (SSSR count). The molecule has 1 amide bonds. The molecule has 4 nitrogen and oxygen atoms in total. The highest BCUT2D eigenvalue weighted by atomic mass is 16.3. The van der Waals surface area contributed by atoms with Crippen molar-refractivity contribution < 1.29 is 9.21 Å². The summed E-state index contributed by atoms with van der Waals surface area (Å²) in [4.78, 5) is 15.5. The molecule has 1 aliphatic heterocycles. The molecule has 1 aliphatic rings. The molecule has 0 aliphatic carbocycles. The van der Waals surface area contributed by atoms with Gasteiger partial charge in [0.1, 0.15) is 5.76 Å². The molecular weight excluding hydrogens is 324 g/mol. The molecule has 0 saturated carbocycles. The predicted octanol–water partition coefficient (Wildman–Crippen LogP) is 3.90. The van der Waals surface area contributed by atoms with Gasteiger partial charge in [-0.05, 0) is 57.5 Å². The van der Waals surface area contributed by atoms with E-state index in [2.05, 4.69) is 48.3 Å². The van der Waals surface area contributed by atoms with E-state index in [0.29, 0.717) is 19.0 Å². The maximum Gasteiger partial charge on any atom is 0.228 e. The second kappa shape index (κ2) is 9.04. The number of hydrogen-bond donors (Lipinski definition) is 1. The van der Waals surface area contributed by atoms with Crippen molar-refractivity contribution in [3.8, 4) is 0 Å². The lowest BCUT2D eigenvalue weighted by Crippen LogP contribution is -2.45. The number of furan rings is 1. The van der Waals surface area contributed by atoms with Gasteiger partial charge in [0.05, 0.1) is 12.2 Å². The number of likely N-dealkylation sites (tertiary alicyclic amines) is 1. The molecule has 0 radical (unpaired) electrons. The molecule has 2 heterocycles. The highest BCUT2D eigenvalue weighted by Crippen LogP contribution is 2.22. The fourth-order valence-corrected chi connectivity index (χ4v) is 3.65. The summed E-state index contributed by atoms with van der Waals surface area (Å²) in [5, 5.41) is 3.18. The molecule has 1 aromatic heterocycles. The van der Waals surface area contributed by atoms with Crippen LogP contribution in [0.25, 0.3) is 0 Å². The van der Waals surface area contributed by atoms with E-state index in [-0.39, 0.29) is 11.8 Å². The number of piperidine rings is 1. The van der Waals surface area contributed by atoms with Crippen LogP contribution in [0.5, 0.6) is 0 Å². The number of amides is 1. The Hall–Kier alpha value is -2.07. The van der Waals surface area contributed by atoms with E-state index >= 15 is 0 Å². The number of carbonyl (C=O) groups excluding carboxylic acids is 1. The summed E-state index contributed by atoms with van der Waals surface area (Å²) < 4.78 is 5.49. The van der Waals surface area contributed by atoms with Crippen LogP contribution in [0, 0.1) is 6.92 Å². The maximum atomic E-state index is 13.0. The first-order chi connectivity index (χ1) is 12.6. The van der Waals surface area contributed by atoms with Crippen LogP contribution in [0.15, 0.2) is 47.1 Å². The summed E-state index contributed by atoms with van der Waals surface area (Å²) >= 11 is 0. The lowest BCUT2D eigenvalue weighted by Gasteiger charge is -2.32.